The molecule has 3 rings (SSSR count). The van der Waals surface area contributed by atoms with Crippen molar-refractivity contribution in [1.29, 1.82) is 0 Å². The van der Waals surface area contributed by atoms with Crippen molar-refractivity contribution in [3.05, 3.63) is 65.0 Å². The molecular weight excluding hydrogens is 284 g/mol. The van der Waals surface area contributed by atoms with Crippen LogP contribution in [0.3, 0.4) is 0 Å². The predicted molar refractivity (Wildman–Crippen MR) is 71.7 cm³/mol. The highest BCUT2D eigenvalue weighted by atomic mass is 19.4. The molecule has 1 aliphatic heterocycles. The number of alkyl halides is 3. The first kappa shape index (κ1) is 13.6. The number of nitrogens with zero attached hydrogens (tertiary/aromatic N) is 1. The second kappa shape index (κ2) is 4.87. The molecule has 6 heteroatoms. The quantitative estimate of drug-likeness (QED) is 0.783. The summed E-state index contributed by atoms with van der Waals surface area (Å²) in [4.78, 5) is 4.10. The summed E-state index contributed by atoms with van der Waals surface area (Å²) in [6, 6.07) is 9.55. The summed E-state index contributed by atoms with van der Waals surface area (Å²) in [5.41, 5.74) is 0.373. The van der Waals surface area contributed by atoms with Gasteiger partial charge in [-0.05, 0) is 29.8 Å². The van der Waals surface area contributed by atoms with Gasteiger partial charge in [0.25, 0.3) is 0 Å². The van der Waals surface area contributed by atoms with Crippen molar-refractivity contribution in [2.24, 2.45) is 4.99 Å². The molecular formula is C15H10F4N2. The zero-order chi connectivity index (χ0) is 15.0. The van der Waals surface area contributed by atoms with Crippen LogP contribution in [0.5, 0.6) is 0 Å². The first-order valence-corrected chi connectivity index (χ1v) is 6.21. The topological polar surface area (TPSA) is 24.4 Å². The van der Waals surface area contributed by atoms with Crippen LogP contribution < -0.4 is 5.32 Å². The van der Waals surface area contributed by atoms with Gasteiger partial charge >= 0.3 is 6.18 Å². The van der Waals surface area contributed by atoms with Crippen molar-refractivity contribution in [2.75, 3.05) is 5.32 Å². The van der Waals surface area contributed by atoms with E-state index >= 15 is 0 Å². The molecule has 2 nitrogen and oxygen atoms in total. The molecule has 0 amide bonds. The molecule has 0 spiro atoms. The Labute approximate surface area is 118 Å². The molecule has 1 N–H and O–H groups in total. The largest absolute Gasteiger partial charge is 0.417 e. The molecule has 0 fully saturated rings. The second-order valence-electron chi connectivity index (χ2n) is 4.63. The van der Waals surface area contributed by atoms with Gasteiger partial charge in [-0.1, -0.05) is 18.2 Å². The Bertz CT molecular complexity index is 720. The molecule has 2 aromatic carbocycles. The average molecular weight is 294 g/mol. The number of para-hydroxylation sites is 1. The lowest BCUT2D eigenvalue weighted by atomic mass is 10.0. The SMILES string of the molecule is Fc1ccc(C(F)(F)F)c(C2=NCc3ccccc3N2)c1. The maximum atomic E-state index is 13.3. The molecule has 0 saturated heterocycles. The smallest absolute Gasteiger partial charge is 0.340 e. The van der Waals surface area contributed by atoms with Crippen LogP contribution in [-0.4, -0.2) is 5.84 Å². The van der Waals surface area contributed by atoms with E-state index in [2.05, 4.69) is 10.3 Å². The number of hydrogen-bond donors (Lipinski definition) is 1. The van der Waals surface area contributed by atoms with Gasteiger partial charge in [0, 0.05) is 11.3 Å². The molecule has 21 heavy (non-hydrogen) atoms. The van der Waals surface area contributed by atoms with Crippen molar-refractivity contribution < 1.29 is 17.6 Å². The first-order valence-electron chi connectivity index (χ1n) is 6.21. The molecule has 0 aromatic heterocycles. The average Bonchev–Trinajstić information content (AvgIpc) is 2.45. The normalized spacial score (nSPS) is 14.2. The molecule has 0 unspecified atom stereocenters. The second-order valence-corrected chi connectivity index (χ2v) is 4.63. The Kier molecular flexibility index (Phi) is 3.16. The zero-order valence-corrected chi connectivity index (χ0v) is 10.7. The number of amidine groups is 1. The summed E-state index contributed by atoms with van der Waals surface area (Å²) < 4.78 is 52.4. The highest BCUT2D eigenvalue weighted by Crippen LogP contribution is 2.34. The van der Waals surface area contributed by atoms with E-state index in [-0.39, 0.29) is 17.9 Å². The maximum Gasteiger partial charge on any atom is 0.417 e. The number of aliphatic imine (C=N–C) groups is 1. The Morgan fingerprint density at radius 3 is 2.57 bits per heavy atom. The number of halogens is 4. The lowest BCUT2D eigenvalue weighted by Gasteiger charge is -2.21. The van der Waals surface area contributed by atoms with Crippen molar-refractivity contribution >= 4 is 11.5 Å². The van der Waals surface area contributed by atoms with E-state index in [1.165, 1.54) is 0 Å². The van der Waals surface area contributed by atoms with E-state index in [0.717, 1.165) is 23.8 Å². The summed E-state index contributed by atoms with van der Waals surface area (Å²) in [6.45, 7) is 0.256. The highest BCUT2D eigenvalue weighted by molar-refractivity contribution is 6.10. The van der Waals surface area contributed by atoms with E-state index in [0.29, 0.717) is 5.69 Å². The van der Waals surface area contributed by atoms with Crippen LogP contribution in [-0.2, 0) is 12.7 Å². The lowest BCUT2D eigenvalue weighted by Crippen LogP contribution is -2.23. The molecule has 108 valence electrons. The Morgan fingerprint density at radius 1 is 1.05 bits per heavy atom. The molecule has 0 radical (unpaired) electrons. The molecule has 0 saturated carbocycles. The molecule has 0 aliphatic carbocycles. The van der Waals surface area contributed by atoms with Gasteiger partial charge in [0.2, 0.25) is 0 Å². The van der Waals surface area contributed by atoms with Crippen molar-refractivity contribution in [3.63, 3.8) is 0 Å². The maximum absolute atomic E-state index is 13.3. The van der Waals surface area contributed by atoms with Crippen LogP contribution >= 0.6 is 0 Å². The van der Waals surface area contributed by atoms with Crippen LogP contribution in [0.1, 0.15) is 16.7 Å². The van der Waals surface area contributed by atoms with E-state index in [1.54, 1.807) is 12.1 Å². The Balaban J connectivity index is 2.06. The fourth-order valence-electron chi connectivity index (χ4n) is 2.22. The van der Waals surface area contributed by atoms with Gasteiger partial charge in [-0.25, -0.2) is 4.39 Å². The fourth-order valence-corrected chi connectivity index (χ4v) is 2.22. The predicted octanol–water partition coefficient (Wildman–Crippen LogP) is 4.22. The monoisotopic (exact) mass is 294 g/mol. The lowest BCUT2D eigenvalue weighted by molar-refractivity contribution is -0.137. The molecule has 0 atom stereocenters. The number of hydrogen-bond acceptors (Lipinski definition) is 2. The minimum Gasteiger partial charge on any atom is -0.340 e. The van der Waals surface area contributed by atoms with Crippen LogP contribution in [0.2, 0.25) is 0 Å². The number of anilines is 1. The van der Waals surface area contributed by atoms with Gasteiger partial charge in [0.15, 0.2) is 0 Å². The van der Waals surface area contributed by atoms with E-state index in [4.69, 9.17) is 0 Å². The van der Waals surface area contributed by atoms with Crippen LogP contribution in [0.4, 0.5) is 23.2 Å². The minimum absolute atomic E-state index is 0.0283. The van der Waals surface area contributed by atoms with Gasteiger partial charge in [-0.3, -0.25) is 4.99 Å². The van der Waals surface area contributed by atoms with Gasteiger partial charge in [0.1, 0.15) is 11.7 Å². The summed E-state index contributed by atoms with van der Waals surface area (Å²) in [5, 5.41) is 2.84. The molecule has 1 aliphatic rings. The number of benzene rings is 2. The molecule has 1 heterocycles. The number of nitrogens with one attached hydrogen (secondary N) is 1. The fraction of sp³-hybridized carbons (Fsp3) is 0.133. The van der Waals surface area contributed by atoms with Crippen LogP contribution in [0, 0.1) is 5.82 Å². The van der Waals surface area contributed by atoms with Gasteiger partial charge in [0.05, 0.1) is 12.1 Å². The van der Waals surface area contributed by atoms with E-state index in [1.807, 2.05) is 12.1 Å². The number of rotatable bonds is 1. The van der Waals surface area contributed by atoms with E-state index in [9.17, 15) is 17.6 Å². The highest BCUT2D eigenvalue weighted by Gasteiger charge is 2.35. The third-order valence-electron chi connectivity index (χ3n) is 3.22. The first-order chi connectivity index (χ1) is 9.95. The zero-order valence-electron chi connectivity index (χ0n) is 10.7. The van der Waals surface area contributed by atoms with Crippen molar-refractivity contribution in [2.45, 2.75) is 12.7 Å². The van der Waals surface area contributed by atoms with Gasteiger partial charge in [-0.2, -0.15) is 13.2 Å². The van der Waals surface area contributed by atoms with Gasteiger partial charge in [-0.15, -0.1) is 0 Å². The summed E-state index contributed by atoms with van der Waals surface area (Å²) in [6.07, 6.45) is -4.57. The summed E-state index contributed by atoms with van der Waals surface area (Å²) >= 11 is 0. The third kappa shape index (κ3) is 2.61. The standard InChI is InChI=1S/C15H10F4N2/c16-10-5-6-12(15(17,18)19)11(7-10)14-20-8-9-3-1-2-4-13(9)21-14/h1-7H,8H2,(H,20,21). The summed E-state index contributed by atoms with van der Waals surface area (Å²) in [7, 11) is 0. The van der Waals surface area contributed by atoms with Crippen LogP contribution in [0.25, 0.3) is 0 Å². The number of fused-ring (bicyclic) bond motifs is 1. The molecule has 0 bridgehead atoms. The summed E-state index contributed by atoms with van der Waals surface area (Å²) in [5.74, 6) is -0.707. The Morgan fingerprint density at radius 2 is 1.81 bits per heavy atom. The third-order valence-corrected chi connectivity index (χ3v) is 3.22. The van der Waals surface area contributed by atoms with Crippen molar-refractivity contribution in [3.8, 4) is 0 Å². The minimum atomic E-state index is -4.57. The van der Waals surface area contributed by atoms with Crippen LogP contribution in [0.15, 0.2) is 47.5 Å². The van der Waals surface area contributed by atoms with Crippen molar-refractivity contribution in [1.82, 2.24) is 0 Å². The Hall–Kier alpha value is -2.37. The van der Waals surface area contributed by atoms with Gasteiger partial charge < -0.3 is 5.32 Å². The molecule has 2 aromatic rings. The van der Waals surface area contributed by atoms with E-state index < -0.39 is 17.6 Å².